The van der Waals surface area contributed by atoms with Crippen molar-refractivity contribution in [2.45, 2.75) is 242 Å². The fraction of sp³-hybridized carbons (Fsp3) is 0.778. The molecule has 2 aliphatic heterocycles. The Labute approximate surface area is 413 Å². The van der Waals surface area contributed by atoms with Crippen LogP contribution in [0.5, 0.6) is 0 Å². The maximum Gasteiger partial charge on any atom is 0.306 e. The number of ether oxygens (including phenoxy) is 6. The van der Waals surface area contributed by atoms with Gasteiger partial charge in [0.2, 0.25) is 0 Å². The van der Waals surface area contributed by atoms with Crippen LogP contribution in [-0.2, 0) is 38.0 Å². The Morgan fingerprint density at radius 2 is 0.870 bits per heavy atom. The zero-order valence-electron chi connectivity index (χ0n) is 42.0. The van der Waals surface area contributed by atoms with Crippen LogP contribution in [0, 0.1) is 0 Å². The van der Waals surface area contributed by atoms with Gasteiger partial charge in [-0.05, 0) is 83.5 Å². The molecule has 2 heterocycles. The third-order valence-electron chi connectivity index (χ3n) is 12.2. The van der Waals surface area contributed by atoms with E-state index in [1.807, 2.05) is 0 Å². The van der Waals surface area contributed by atoms with Crippen LogP contribution >= 0.6 is 0 Å². The summed E-state index contributed by atoms with van der Waals surface area (Å²) in [6.07, 6.45) is 29.6. The lowest BCUT2D eigenvalue weighted by molar-refractivity contribution is -0.332. The lowest BCUT2D eigenvalue weighted by Crippen LogP contribution is -2.61. The van der Waals surface area contributed by atoms with Crippen molar-refractivity contribution < 1.29 is 73.8 Å². The zero-order chi connectivity index (χ0) is 50.3. The molecule has 398 valence electrons. The lowest BCUT2D eigenvalue weighted by Gasteiger charge is -2.42. The van der Waals surface area contributed by atoms with E-state index in [9.17, 15) is 45.3 Å². The maximum absolute atomic E-state index is 13.0. The topological polar surface area (TPSA) is 231 Å². The van der Waals surface area contributed by atoms with Gasteiger partial charge < -0.3 is 64.2 Å². The van der Waals surface area contributed by atoms with Crippen molar-refractivity contribution in [1.29, 1.82) is 0 Å². The summed E-state index contributed by atoms with van der Waals surface area (Å²) >= 11 is 0. The quantitative estimate of drug-likeness (QED) is 0.0178. The normalized spacial score (nSPS) is 26.0. The molecule has 4 unspecified atom stereocenters. The van der Waals surface area contributed by atoms with E-state index < -0.39 is 99.3 Å². The number of allylic oxidation sites excluding steroid dienone is 10. The predicted molar refractivity (Wildman–Crippen MR) is 266 cm³/mol. The highest BCUT2D eigenvalue weighted by Crippen LogP contribution is 2.26. The standard InChI is InChI=1S/C54H92O15/c1-3-5-7-9-11-13-15-17-19-20-21-22-23-25-27-29-31-33-35-37-46(57)67-42(39-64-45(56)36-34-32-30-28-26-24-18-16-14-12-10-8-6-4-2)40-65-53-52(63)50(61)48(59)44(69-53)41-66-54-51(62)49(60)47(58)43(38-55)68-54/h11,13,16-19,21-22,25,27,42-44,47-55,58-63H,3-10,12,14-15,20,23-24,26,28-41H2,1-2H3/b13-11+,18-16+,19-17+,22-21+,27-25+/t42-,43+,44+,47-,48-,49?,50?,51?,52?,53+,54+/m1/s1. The lowest BCUT2D eigenvalue weighted by atomic mass is 9.98. The van der Waals surface area contributed by atoms with Crippen molar-refractivity contribution in [2.24, 2.45) is 0 Å². The van der Waals surface area contributed by atoms with Crippen LogP contribution in [0.15, 0.2) is 60.8 Å². The van der Waals surface area contributed by atoms with Gasteiger partial charge in [0.1, 0.15) is 55.4 Å². The number of aliphatic hydroxyl groups excluding tert-OH is 7. The number of aliphatic hydroxyl groups is 7. The van der Waals surface area contributed by atoms with Gasteiger partial charge in [0.15, 0.2) is 18.7 Å². The Kier molecular flexibility index (Phi) is 36.8. The van der Waals surface area contributed by atoms with E-state index in [2.05, 4.69) is 74.6 Å². The number of unbranched alkanes of at least 4 members (excludes halogenated alkanes) is 16. The summed E-state index contributed by atoms with van der Waals surface area (Å²) in [4.78, 5) is 25.8. The molecule has 0 saturated carbocycles. The van der Waals surface area contributed by atoms with Gasteiger partial charge in [0, 0.05) is 12.8 Å². The number of carbonyl (C=O) groups excluding carboxylic acids is 2. The van der Waals surface area contributed by atoms with Gasteiger partial charge in [0.25, 0.3) is 0 Å². The molecule has 15 nitrogen and oxygen atoms in total. The van der Waals surface area contributed by atoms with Crippen LogP contribution in [0.25, 0.3) is 0 Å². The average molecular weight is 981 g/mol. The van der Waals surface area contributed by atoms with Crippen LogP contribution in [0.2, 0.25) is 0 Å². The minimum absolute atomic E-state index is 0.124. The van der Waals surface area contributed by atoms with Gasteiger partial charge in [-0.3, -0.25) is 9.59 Å². The van der Waals surface area contributed by atoms with Crippen LogP contribution in [0.1, 0.15) is 174 Å². The van der Waals surface area contributed by atoms with Gasteiger partial charge in [-0.15, -0.1) is 0 Å². The second kappa shape index (κ2) is 40.8. The first-order valence-corrected chi connectivity index (χ1v) is 26.4. The third-order valence-corrected chi connectivity index (χ3v) is 12.2. The molecule has 15 heteroatoms. The maximum atomic E-state index is 13.0. The molecule has 2 rings (SSSR count). The molecule has 0 spiro atoms. The van der Waals surface area contributed by atoms with Crippen molar-refractivity contribution in [2.75, 3.05) is 26.4 Å². The van der Waals surface area contributed by atoms with Crippen molar-refractivity contribution >= 4 is 11.9 Å². The molecule has 11 atom stereocenters. The van der Waals surface area contributed by atoms with E-state index in [0.717, 1.165) is 83.5 Å². The molecule has 0 aliphatic carbocycles. The van der Waals surface area contributed by atoms with Gasteiger partial charge in [-0.1, -0.05) is 139 Å². The third kappa shape index (κ3) is 28.7. The summed E-state index contributed by atoms with van der Waals surface area (Å²) in [6.45, 7) is 2.50. The van der Waals surface area contributed by atoms with E-state index in [-0.39, 0.29) is 19.4 Å². The molecule has 0 bridgehead atoms. The Hall–Kier alpha value is -2.80. The molecule has 2 aliphatic rings. The molecule has 69 heavy (non-hydrogen) atoms. The molecule has 2 saturated heterocycles. The molecule has 0 aromatic rings. The highest BCUT2D eigenvalue weighted by molar-refractivity contribution is 5.70. The van der Waals surface area contributed by atoms with Gasteiger partial charge >= 0.3 is 11.9 Å². The van der Waals surface area contributed by atoms with E-state index in [1.54, 1.807) is 0 Å². The Balaban J connectivity index is 1.83. The summed E-state index contributed by atoms with van der Waals surface area (Å²) in [5, 5.41) is 72.1. The summed E-state index contributed by atoms with van der Waals surface area (Å²) in [7, 11) is 0. The summed E-state index contributed by atoms with van der Waals surface area (Å²) in [5.74, 6) is -0.974. The van der Waals surface area contributed by atoms with Gasteiger partial charge in [-0.2, -0.15) is 0 Å². The highest BCUT2D eigenvalue weighted by Gasteiger charge is 2.47. The Morgan fingerprint density at radius 1 is 0.464 bits per heavy atom. The molecule has 0 aromatic carbocycles. The van der Waals surface area contributed by atoms with Crippen LogP contribution in [-0.4, -0.2) is 142 Å². The fourth-order valence-electron chi connectivity index (χ4n) is 7.84. The molecular formula is C54H92O15. The SMILES string of the molecule is CCCCC/C=C/C/C=C/C/C=C/C/C=C/CCCCCC(=O)O[C@H](COC(=O)CCCCCCC/C=C/CCCCCCC)CO[C@H]1O[C@@H](CO[C@H]2O[C@@H](CO)[C@@H](O)C(O)C2O)[C@@H](O)C(O)C1O. The summed E-state index contributed by atoms with van der Waals surface area (Å²) in [5.41, 5.74) is 0. The monoisotopic (exact) mass is 981 g/mol. The number of hydrogen-bond donors (Lipinski definition) is 7. The van der Waals surface area contributed by atoms with Crippen molar-refractivity contribution in [3.8, 4) is 0 Å². The smallest absolute Gasteiger partial charge is 0.306 e. The van der Waals surface area contributed by atoms with Crippen LogP contribution < -0.4 is 0 Å². The molecule has 0 amide bonds. The van der Waals surface area contributed by atoms with E-state index in [4.69, 9.17) is 28.4 Å². The Morgan fingerprint density at radius 3 is 1.42 bits per heavy atom. The van der Waals surface area contributed by atoms with Gasteiger partial charge in [0.05, 0.1) is 19.8 Å². The molecule has 0 radical (unpaired) electrons. The van der Waals surface area contributed by atoms with Crippen molar-refractivity contribution in [3.63, 3.8) is 0 Å². The average Bonchev–Trinajstić information content (AvgIpc) is 3.34. The Bertz CT molecular complexity index is 1430. The first-order chi connectivity index (χ1) is 33.5. The van der Waals surface area contributed by atoms with Crippen molar-refractivity contribution in [3.05, 3.63) is 60.8 Å². The molecule has 2 fully saturated rings. The number of hydrogen-bond acceptors (Lipinski definition) is 15. The first-order valence-electron chi connectivity index (χ1n) is 26.4. The first kappa shape index (κ1) is 62.3. The minimum Gasteiger partial charge on any atom is -0.462 e. The minimum atomic E-state index is -1.77. The van der Waals surface area contributed by atoms with Crippen LogP contribution in [0.4, 0.5) is 0 Å². The second-order valence-electron chi connectivity index (χ2n) is 18.3. The number of esters is 2. The largest absolute Gasteiger partial charge is 0.462 e. The van der Waals surface area contributed by atoms with Crippen molar-refractivity contribution in [1.82, 2.24) is 0 Å². The zero-order valence-corrected chi connectivity index (χ0v) is 42.0. The predicted octanol–water partition coefficient (Wildman–Crippen LogP) is 7.66. The van der Waals surface area contributed by atoms with Gasteiger partial charge in [-0.25, -0.2) is 0 Å². The van der Waals surface area contributed by atoms with E-state index >= 15 is 0 Å². The highest BCUT2D eigenvalue weighted by atomic mass is 16.7. The van der Waals surface area contributed by atoms with Crippen LogP contribution in [0.3, 0.4) is 0 Å². The number of carbonyl (C=O) groups is 2. The van der Waals surface area contributed by atoms with E-state index in [1.165, 1.54) is 51.4 Å². The fourth-order valence-corrected chi connectivity index (χ4v) is 7.84. The molecule has 7 N–H and O–H groups in total. The van der Waals surface area contributed by atoms with E-state index in [0.29, 0.717) is 12.8 Å². The summed E-state index contributed by atoms with van der Waals surface area (Å²) < 4.78 is 33.5. The second-order valence-corrected chi connectivity index (χ2v) is 18.3. The molecule has 0 aromatic heterocycles. The molecular weight excluding hydrogens is 889 g/mol. The number of rotatable bonds is 40. The summed E-state index contributed by atoms with van der Waals surface area (Å²) in [6, 6.07) is 0.